The van der Waals surface area contributed by atoms with Gasteiger partial charge in [0.25, 0.3) is 0 Å². The highest BCUT2D eigenvalue weighted by Crippen LogP contribution is 2.56. The van der Waals surface area contributed by atoms with Gasteiger partial charge in [-0.1, -0.05) is 90.4 Å². The molecule has 0 radical (unpaired) electrons. The van der Waals surface area contributed by atoms with E-state index in [2.05, 4.69) is 61.5 Å². The van der Waals surface area contributed by atoms with Crippen molar-refractivity contribution in [2.45, 2.75) is 97.1 Å². The lowest BCUT2D eigenvalue weighted by atomic mass is 9.57. The molecule has 0 spiro atoms. The summed E-state index contributed by atoms with van der Waals surface area (Å²) in [6.07, 6.45) is 4.43. The normalized spacial score (nSPS) is 28.0. The van der Waals surface area contributed by atoms with E-state index in [4.69, 9.17) is 9.16 Å². The number of rotatable bonds is 10. The lowest BCUT2D eigenvalue weighted by Crippen LogP contribution is -2.63. The summed E-state index contributed by atoms with van der Waals surface area (Å²) in [5.74, 6) is 0.862. The molecule has 1 aromatic carbocycles. The summed E-state index contributed by atoms with van der Waals surface area (Å²) in [5, 5.41) is 0. The molecule has 0 saturated heterocycles. The summed E-state index contributed by atoms with van der Waals surface area (Å²) in [6.45, 7) is 19.1. The van der Waals surface area contributed by atoms with Crippen LogP contribution in [0.15, 0.2) is 42.0 Å². The van der Waals surface area contributed by atoms with E-state index in [1.807, 2.05) is 30.3 Å². The van der Waals surface area contributed by atoms with E-state index in [0.29, 0.717) is 35.1 Å². The Morgan fingerprint density at radius 1 is 1.06 bits per heavy atom. The number of ketones is 1. The molecule has 0 aromatic heterocycles. The van der Waals surface area contributed by atoms with Crippen LogP contribution >= 0.6 is 0 Å². The van der Waals surface area contributed by atoms with Gasteiger partial charge in [-0.2, -0.15) is 0 Å². The van der Waals surface area contributed by atoms with Gasteiger partial charge in [0.15, 0.2) is 5.78 Å². The molecule has 1 fully saturated rings. The predicted molar refractivity (Wildman–Crippen MR) is 135 cm³/mol. The number of carbonyl (C=O) groups is 1. The minimum Gasteiger partial charge on any atom is -0.406 e. The van der Waals surface area contributed by atoms with Gasteiger partial charge < -0.3 is 9.16 Å². The third-order valence-electron chi connectivity index (χ3n) is 8.37. The second kappa shape index (κ2) is 9.95. The average Bonchev–Trinajstić information content (AvgIpc) is 2.72. The predicted octanol–water partition coefficient (Wildman–Crippen LogP) is 7.33. The Bertz CT molecular complexity index is 791. The molecule has 0 aliphatic heterocycles. The Kier molecular flexibility index (Phi) is 7.89. The summed E-state index contributed by atoms with van der Waals surface area (Å²) in [4.78, 5) is 13.7. The van der Waals surface area contributed by atoms with Crippen molar-refractivity contribution in [2.24, 2.45) is 17.8 Å². The van der Waals surface area contributed by atoms with E-state index in [-0.39, 0.29) is 18.3 Å². The number of ether oxygens (including phenoxy) is 1. The van der Waals surface area contributed by atoms with E-state index >= 15 is 0 Å². The quantitative estimate of drug-likeness (QED) is 0.273. The molecule has 178 valence electrons. The van der Waals surface area contributed by atoms with Crippen LogP contribution in [0.2, 0.25) is 16.6 Å². The van der Waals surface area contributed by atoms with E-state index in [1.165, 1.54) is 5.57 Å². The zero-order chi connectivity index (χ0) is 23.7. The van der Waals surface area contributed by atoms with Crippen molar-refractivity contribution in [3.8, 4) is 0 Å². The Balaban J connectivity index is 1.89. The van der Waals surface area contributed by atoms with Crippen molar-refractivity contribution >= 4 is 14.1 Å². The third-order valence-corrected chi connectivity index (χ3v) is 14.5. The standard InChI is InChI=1S/C28H44O3Si/c1-19(2)32(20(3)4,21(5)6)31-28-15-14-25(22(7)16-28)23(8)27(28)26(29)18-30-17-24-12-10-9-11-13-24/h9-13,16,19-21,23,25,27H,14-15,17-18H2,1-8H3/t23-,25-,27-,28-/m0/s1. The van der Waals surface area contributed by atoms with Gasteiger partial charge in [-0.05, 0) is 53.8 Å². The van der Waals surface area contributed by atoms with Crippen LogP contribution in [-0.4, -0.2) is 26.3 Å². The number of hydrogen-bond acceptors (Lipinski definition) is 3. The number of Topliss-reactive ketones (excluding diaryl/α,β-unsaturated/α-hetero) is 1. The van der Waals surface area contributed by atoms with Crippen LogP contribution in [0.1, 0.15) is 73.8 Å². The maximum atomic E-state index is 13.7. The fourth-order valence-electron chi connectivity index (χ4n) is 7.10. The third kappa shape index (κ3) is 4.56. The van der Waals surface area contributed by atoms with Crippen LogP contribution in [0.3, 0.4) is 0 Å². The van der Waals surface area contributed by atoms with Gasteiger partial charge in [0, 0.05) is 0 Å². The fraction of sp³-hybridized carbons (Fsp3) is 0.679. The number of allylic oxidation sites excluding steroid dienone is 1. The Hall–Kier alpha value is -1.23. The van der Waals surface area contributed by atoms with Crippen molar-refractivity contribution in [3.63, 3.8) is 0 Å². The summed E-state index contributed by atoms with van der Waals surface area (Å²) >= 11 is 0. The van der Waals surface area contributed by atoms with Crippen LogP contribution in [0.25, 0.3) is 0 Å². The van der Waals surface area contributed by atoms with Crippen LogP contribution in [-0.2, 0) is 20.6 Å². The summed E-state index contributed by atoms with van der Waals surface area (Å²) < 4.78 is 13.4. The zero-order valence-electron chi connectivity index (χ0n) is 21.5. The van der Waals surface area contributed by atoms with Crippen LogP contribution < -0.4 is 0 Å². The Labute approximate surface area is 197 Å². The van der Waals surface area contributed by atoms with Crippen molar-refractivity contribution in [2.75, 3.05) is 6.61 Å². The minimum atomic E-state index is -2.15. The second-order valence-electron chi connectivity index (χ2n) is 11.2. The molecule has 0 heterocycles. The number of fused-ring (bicyclic) bond motifs is 2. The van der Waals surface area contributed by atoms with Gasteiger partial charge in [-0.3, -0.25) is 4.79 Å². The van der Waals surface area contributed by atoms with Gasteiger partial charge in [0.1, 0.15) is 6.61 Å². The molecule has 32 heavy (non-hydrogen) atoms. The highest BCUT2D eigenvalue weighted by atomic mass is 28.4. The van der Waals surface area contributed by atoms with Crippen LogP contribution in [0.4, 0.5) is 0 Å². The lowest BCUT2D eigenvalue weighted by Gasteiger charge is -2.58. The van der Waals surface area contributed by atoms with Gasteiger partial charge in [-0.25, -0.2) is 0 Å². The molecular formula is C28H44O3Si. The molecule has 1 aromatic rings. The minimum absolute atomic E-state index is 0.121. The maximum absolute atomic E-state index is 13.7. The first-order chi connectivity index (χ1) is 15.0. The average molecular weight is 457 g/mol. The molecule has 1 saturated carbocycles. The first-order valence-electron chi connectivity index (χ1n) is 12.6. The first kappa shape index (κ1) is 25.4. The van der Waals surface area contributed by atoms with E-state index in [0.717, 1.165) is 18.4 Å². The number of carbonyl (C=O) groups excluding carboxylic acids is 1. The maximum Gasteiger partial charge on any atom is 0.201 e. The molecule has 0 amide bonds. The second-order valence-corrected chi connectivity index (χ2v) is 16.6. The zero-order valence-corrected chi connectivity index (χ0v) is 22.5. The highest BCUT2D eigenvalue weighted by Gasteiger charge is 2.59. The Morgan fingerprint density at radius 3 is 2.19 bits per heavy atom. The van der Waals surface area contributed by atoms with Gasteiger partial charge in [0.05, 0.1) is 18.1 Å². The molecular weight excluding hydrogens is 412 g/mol. The molecule has 4 atom stereocenters. The van der Waals surface area contributed by atoms with E-state index < -0.39 is 13.9 Å². The molecule has 0 unspecified atom stereocenters. The molecule has 4 rings (SSSR count). The Morgan fingerprint density at radius 2 is 1.66 bits per heavy atom. The molecule has 3 aliphatic carbocycles. The van der Waals surface area contributed by atoms with Crippen molar-refractivity contribution in [1.82, 2.24) is 0 Å². The fourth-order valence-corrected chi connectivity index (χ4v) is 12.8. The van der Waals surface area contributed by atoms with Gasteiger partial charge >= 0.3 is 0 Å². The number of benzene rings is 1. The topological polar surface area (TPSA) is 35.5 Å². The SMILES string of the molecule is CC1=C[C@@]2(O[Si](C(C)C)(C(C)C)C(C)C)CC[C@@H]1[C@H](C)[C@H]2C(=O)COCc1ccccc1. The van der Waals surface area contributed by atoms with Crippen molar-refractivity contribution < 1.29 is 14.0 Å². The van der Waals surface area contributed by atoms with Gasteiger partial charge in [0.2, 0.25) is 8.32 Å². The first-order valence-corrected chi connectivity index (χ1v) is 14.7. The van der Waals surface area contributed by atoms with E-state index in [1.54, 1.807) is 0 Å². The monoisotopic (exact) mass is 456 g/mol. The van der Waals surface area contributed by atoms with Crippen molar-refractivity contribution in [1.29, 1.82) is 0 Å². The van der Waals surface area contributed by atoms with Crippen LogP contribution in [0, 0.1) is 17.8 Å². The van der Waals surface area contributed by atoms with Crippen LogP contribution in [0.5, 0.6) is 0 Å². The largest absolute Gasteiger partial charge is 0.406 e. The molecule has 4 heteroatoms. The number of hydrogen-bond donors (Lipinski definition) is 0. The summed E-state index contributed by atoms with van der Waals surface area (Å²) in [5.41, 5.74) is 3.52. The molecule has 3 aliphatic rings. The van der Waals surface area contributed by atoms with Gasteiger partial charge in [-0.15, -0.1) is 0 Å². The highest BCUT2D eigenvalue weighted by molar-refractivity contribution is 6.77. The van der Waals surface area contributed by atoms with Crippen molar-refractivity contribution in [3.05, 3.63) is 47.5 Å². The molecule has 2 bridgehead atoms. The lowest BCUT2D eigenvalue weighted by molar-refractivity contribution is -0.143. The smallest absolute Gasteiger partial charge is 0.201 e. The summed E-state index contributed by atoms with van der Waals surface area (Å²) in [6, 6.07) is 10.1. The van der Waals surface area contributed by atoms with E-state index in [9.17, 15) is 4.79 Å². The molecule has 3 nitrogen and oxygen atoms in total. The summed E-state index contributed by atoms with van der Waals surface area (Å²) in [7, 11) is -2.15. The molecule has 0 N–H and O–H groups in total.